The summed E-state index contributed by atoms with van der Waals surface area (Å²) >= 11 is 1.89. The highest BCUT2D eigenvalue weighted by Gasteiger charge is 2.20. The molecule has 1 aliphatic carbocycles. The molecule has 2 rings (SSSR count). The minimum atomic E-state index is 0. The Morgan fingerprint density at radius 1 is 1.22 bits per heavy atom. The van der Waals surface area contributed by atoms with Crippen LogP contribution in [0.2, 0.25) is 0 Å². The summed E-state index contributed by atoms with van der Waals surface area (Å²) in [6.07, 6.45) is 9.58. The molecule has 0 radical (unpaired) electrons. The molecule has 0 unspecified atom stereocenters. The Bertz CT molecular complexity index is 566. The zero-order valence-electron chi connectivity index (χ0n) is 16.8. The zero-order chi connectivity index (χ0) is 18.6. The first-order chi connectivity index (χ1) is 12.8. The van der Waals surface area contributed by atoms with Gasteiger partial charge in [-0.05, 0) is 56.6 Å². The van der Waals surface area contributed by atoms with Crippen LogP contribution in [0.1, 0.15) is 44.1 Å². The average Bonchev–Trinajstić information content (AvgIpc) is 3.18. The number of aliphatic imine (C=N–C) groups is 1. The van der Waals surface area contributed by atoms with Crippen molar-refractivity contribution in [3.8, 4) is 11.5 Å². The summed E-state index contributed by atoms with van der Waals surface area (Å²) in [5.41, 5.74) is 1.10. The number of guanidine groups is 1. The molecule has 154 valence electrons. The van der Waals surface area contributed by atoms with E-state index in [4.69, 9.17) is 9.47 Å². The smallest absolute Gasteiger partial charge is 0.191 e. The number of unbranched alkanes of at least 4 members (excludes halogenated alkanes) is 1. The van der Waals surface area contributed by atoms with E-state index < -0.39 is 0 Å². The van der Waals surface area contributed by atoms with Gasteiger partial charge in [0.25, 0.3) is 0 Å². The van der Waals surface area contributed by atoms with Crippen molar-refractivity contribution in [2.75, 3.05) is 32.7 Å². The molecule has 0 heterocycles. The predicted molar refractivity (Wildman–Crippen MR) is 127 cm³/mol. The van der Waals surface area contributed by atoms with E-state index in [9.17, 15) is 0 Å². The fourth-order valence-electron chi connectivity index (χ4n) is 3.15. The largest absolute Gasteiger partial charge is 0.493 e. The maximum Gasteiger partial charge on any atom is 0.191 e. The molecule has 1 aromatic carbocycles. The van der Waals surface area contributed by atoms with E-state index in [2.05, 4.69) is 27.9 Å². The predicted octanol–water partition coefficient (Wildman–Crippen LogP) is 4.44. The maximum absolute atomic E-state index is 6.29. The van der Waals surface area contributed by atoms with E-state index >= 15 is 0 Å². The van der Waals surface area contributed by atoms with Gasteiger partial charge in [-0.1, -0.05) is 12.1 Å². The highest BCUT2D eigenvalue weighted by atomic mass is 127. The van der Waals surface area contributed by atoms with Crippen molar-refractivity contribution >= 4 is 41.7 Å². The minimum absolute atomic E-state index is 0. The Kier molecular flexibility index (Phi) is 12.7. The van der Waals surface area contributed by atoms with Gasteiger partial charge in [0.15, 0.2) is 17.5 Å². The van der Waals surface area contributed by atoms with Crippen LogP contribution in [0.25, 0.3) is 0 Å². The van der Waals surface area contributed by atoms with E-state index in [1.54, 1.807) is 14.2 Å². The van der Waals surface area contributed by atoms with Crippen LogP contribution in [0.3, 0.4) is 0 Å². The number of methoxy groups -OCH3 is 1. The van der Waals surface area contributed by atoms with Gasteiger partial charge in [0, 0.05) is 25.7 Å². The average molecular weight is 507 g/mol. The lowest BCUT2D eigenvalue weighted by atomic mass is 10.1. The van der Waals surface area contributed by atoms with Crippen LogP contribution in [-0.2, 0) is 6.54 Å². The third kappa shape index (κ3) is 8.37. The van der Waals surface area contributed by atoms with Crippen LogP contribution in [0.5, 0.6) is 11.5 Å². The van der Waals surface area contributed by atoms with Gasteiger partial charge < -0.3 is 20.1 Å². The van der Waals surface area contributed by atoms with Gasteiger partial charge in [-0.25, -0.2) is 0 Å². The van der Waals surface area contributed by atoms with Crippen LogP contribution in [-0.4, -0.2) is 44.8 Å². The number of ether oxygens (including phenoxy) is 2. The molecular formula is C20H34IN3O2S. The number of nitrogens with one attached hydrogen (secondary N) is 2. The van der Waals surface area contributed by atoms with Crippen LogP contribution in [0.15, 0.2) is 23.2 Å². The highest BCUT2D eigenvalue weighted by molar-refractivity contribution is 14.0. The normalized spacial score (nSPS) is 14.6. The number of para-hydroxylation sites is 1. The molecule has 27 heavy (non-hydrogen) atoms. The van der Waals surface area contributed by atoms with Crippen LogP contribution in [0.4, 0.5) is 0 Å². The number of nitrogens with zero attached hydrogens (tertiary/aromatic N) is 1. The van der Waals surface area contributed by atoms with E-state index in [0.717, 1.165) is 48.8 Å². The Balaban J connectivity index is 0.00000364. The Morgan fingerprint density at radius 2 is 2.00 bits per heavy atom. The van der Waals surface area contributed by atoms with Crippen molar-refractivity contribution < 1.29 is 9.47 Å². The molecule has 0 bridgehead atoms. The maximum atomic E-state index is 6.29. The van der Waals surface area contributed by atoms with Crippen molar-refractivity contribution in [3.05, 3.63) is 23.8 Å². The summed E-state index contributed by atoms with van der Waals surface area (Å²) in [6.45, 7) is 1.59. The first-order valence-corrected chi connectivity index (χ1v) is 10.9. The van der Waals surface area contributed by atoms with Crippen molar-refractivity contribution in [1.82, 2.24) is 10.6 Å². The van der Waals surface area contributed by atoms with Crippen molar-refractivity contribution in [1.29, 1.82) is 0 Å². The standard InChI is InChI=1S/C20H33N3O2S.HI/c1-21-20(22-13-6-7-14-26-3)23-15-16-9-8-12-18(24-2)19(16)25-17-10-4-5-11-17;/h8-9,12,17H,4-7,10-11,13-15H2,1-3H3,(H2,21,22,23);1H. The molecule has 1 aromatic rings. The second-order valence-electron chi connectivity index (χ2n) is 6.53. The number of hydrogen-bond donors (Lipinski definition) is 2. The molecule has 0 atom stereocenters. The molecule has 0 amide bonds. The van der Waals surface area contributed by atoms with Gasteiger partial charge >= 0.3 is 0 Å². The molecule has 7 heteroatoms. The molecular weight excluding hydrogens is 473 g/mol. The molecule has 0 aromatic heterocycles. The lowest BCUT2D eigenvalue weighted by Gasteiger charge is -2.20. The Morgan fingerprint density at radius 3 is 2.67 bits per heavy atom. The summed E-state index contributed by atoms with van der Waals surface area (Å²) in [7, 11) is 3.50. The summed E-state index contributed by atoms with van der Waals surface area (Å²) in [5.74, 6) is 3.70. The topological polar surface area (TPSA) is 54.9 Å². The highest BCUT2D eigenvalue weighted by Crippen LogP contribution is 2.34. The van der Waals surface area contributed by atoms with Gasteiger partial charge in [-0.2, -0.15) is 11.8 Å². The van der Waals surface area contributed by atoms with Gasteiger partial charge in [0.1, 0.15) is 0 Å². The van der Waals surface area contributed by atoms with Crippen molar-refractivity contribution in [2.24, 2.45) is 4.99 Å². The Hall–Kier alpha value is -0.830. The zero-order valence-corrected chi connectivity index (χ0v) is 19.9. The van der Waals surface area contributed by atoms with E-state index in [-0.39, 0.29) is 24.0 Å². The molecule has 0 spiro atoms. The first kappa shape index (κ1) is 24.2. The number of thioether (sulfide) groups is 1. The molecule has 1 saturated carbocycles. The summed E-state index contributed by atoms with van der Waals surface area (Å²) in [4.78, 5) is 4.31. The minimum Gasteiger partial charge on any atom is -0.493 e. The molecule has 2 N–H and O–H groups in total. The summed E-state index contributed by atoms with van der Waals surface area (Å²) in [6, 6.07) is 6.06. The van der Waals surface area contributed by atoms with Gasteiger partial charge in [0.2, 0.25) is 0 Å². The molecule has 1 aliphatic rings. The Labute approximate surface area is 185 Å². The molecule has 1 fully saturated rings. The third-order valence-electron chi connectivity index (χ3n) is 4.60. The van der Waals surface area contributed by atoms with Crippen LogP contribution in [0, 0.1) is 0 Å². The second-order valence-corrected chi connectivity index (χ2v) is 7.51. The van der Waals surface area contributed by atoms with Gasteiger partial charge in [-0.3, -0.25) is 4.99 Å². The van der Waals surface area contributed by atoms with Crippen molar-refractivity contribution in [3.63, 3.8) is 0 Å². The fraction of sp³-hybridized carbons (Fsp3) is 0.650. The van der Waals surface area contributed by atoms with Gasteiger partial charge in [0.05, 0.1) is 13.2 Å². The SMILES string of the molecule is CN=C(NCCCCSC)NCc1cccc(OC)c1OC1CCCC1.I. The lowest BCUT2D eigenvalue weighted by molar-refractivity contribution is 0.198. The van der Waals surface area contributed by atoms with Crippen LogP contribution < -0.4 is 20.1 Å². The van der Waals surface area contributed by atoms with Crippen molar-refractivity contribution in [2.45, 2.75) is 51.2 Å². The molecule has 0 saturated heterocycles. The number of benzene rings is 1. The third-order valence-corrected chi connectivity index (χ3v) is 5.30. The fourth-order valence-corrected chi connectivity index (χ4v) is 3.64. The van der Waals surface area contributed by atoms with E-state index in [1.165, 1.54) is 25.0 Å². The monoisotopic (exact) mass is 507 g/mol. The number of hydrogen-bond acceptors (Lipinski definition) is 4. The van der Waals surface area contributed by atoms with Gasteiger partial charge in [-0.15, -0.1) is 24.0 Å². The summed E-state index contributed by atoms with van der Waals surface area (Å²) < 4.78 is 11.8. The van der Waals surface area contributed by atoms with E-state index in [1.807, 2.05) is 23.9 Å². The lowest BCUT2D eigenvalue weighted by Crippen LogP contribution is -2.37. The molecule has 0 aliphatic heterocycles. The van der Waals surface area contributed by atoms with Crippen LogP contribution >= 0.6 is 35.7 Å². The quantitative estimate of drug-likeness (QED) is 0.212. The van der Waals surface area contributed by atoms with E-state index in [0.29, 0.717) is 12.6 Å². The summed E-state index contributed by atoms with van der Waals surface area (Å²) in [5, 5.41) is 6.77. The first-order valence-electron chi connectivity index (χ1n) is 9.54. The molecule has 5 nitrogen and oxygen atoms in total. The number of rotatable bonds is 10. The second kappa shape index (κ2) is 14.2. The number of halogens is 1.